The zero-order valence-electron chi connectivity index (χ0n) is 9.10. The summed E-state index contributed by atoms with van der Waals surface area (Å²) in [4.78, 5) is 0. The molecule has 2 aromatic rings. The molecule has 1 aromatic heterocycles. The molecule has 2 rings (SSSR count). The third-order valence-electron chi connectivity index (χ3n) is 2.67. The second kappa shape index (κ2) is 5.14. The summed E-state index contributed by atoms with van der Waals surface area (Å²) in [6.07, 6.45) is -1.53. The van der Waals surface area contributed by atoms with Crippen LogP contribution < -0.4 is 5.73 Å². The van der Waals surface area contributed by atoms with Crippen molar-refractivity contribution in [2.75, 3.05) is 6.54 Å². The van der Waals surface area contributed by atoms with Crippen LogP contribution in [0.2, 0.25) is 0 Å². The van der Waals surface area contributed by atoms with Crippen molar-refractivity contribution in [3.05, 3.63) is 28.4 Å². The van der Waals surface area contributed by atoms with Gasteiger partial charge in [-0.15, -0.1) is 0 Å². The van der Waals surface area contributed by atoms with Crippen LogP contribution in [0.4, 0.5) is 0 Å². The standard InChI is InChI=1S/C11H14BrN3O2/c12-6-1-2-7-8(5-6)14-15-10(7)11(17)9(16)3-4-13/h1-2,5,9,11,16-17H,3-4,13H2,(H,14,15). The minimum atomic E-state index is -0.996. The van der Waals surface area contributed by atoms with E-state index in [1.807, 2.05) is 18.2 Å². The molecule has 2 unspecified atom stereocenters. The van der Waals surface area contributed by atoms with Gasteiger partial charge in [-0.05, 0) is 31.2 Å². The summed E-state index contributed by atoms with van der Waals surface area (Å²) in [5.74, 6) is 0. The Morgan fingerprint density at radius 3 is 2.88 bits per heavy atom. The number of nitrogens with zero attached hydrogens (tertiary/aromatic N) is 1. The van der Waals surface area contributed by atoms with Crippen LogP contribution in [0.5, 0.6) is 0 Å². The molecule has 2 atom stereocenters. The largest absolute Gasteiger partial charge is 0.390 e. The number of halogens is 1. The fraction of sp³-hybridized carbons (Fsp3) is 0.364. The van der Waals surface area contributed by atoms with Gasteiger partial charge in [0.2, 0.25) is 0 Å². The molecule has 92 valence electrons. The second-order valence-corrected chi connectivity index (χ2v) is 4.80. The molecule has 6 heteroatoms. The molecule has 0 spiro atoms. The fourth-order valence-electron chi connectivity index (χ4n) is 1.75. The topological polar surface area (TPSA) is 95.2 Å². The Balaban J connectivity index is 2.35. The Hall–Kier alpha value is -0.950. The van der Waals surface area contributed by atoms with E-state index in [1.165, 1.54) is 0 Å². The maximum absolute atomic E-state index is 9.99. The summed E-state index contributed by atoms with van der Waals surface area (Å²) in [7, 11) is 0. The molecule has 5 nitrogen and oxygen atoms in total. The van der Waals surface area contributed by atoms with Crippen molar-refractivity contribution in [3.63, 3.8) is 0 Å². The average Bonchev–Trinajstić information content (AvgIpc) is 2.71. The highest BCUT2D eigenvalue weighted by Gasteiger charge is 2.21. The number of nitrogens with one attached hydrogen (secondary N) is 1. The Kier molecular flexibility index (Phi) is 3.78. The van der Waals surface area contributed by atoms with Gasteiger partial charge in [-0.1, -0.05) is 15.9 Å². The molecule has 0 aliphatic carbocycles. The molecule has 0 aliphatic rings. The number of benzene rings is 1. The van der Waals surface area contributed by atoms with Crippen molar-refractivity contribution in [2.45, 2.75) is 18.6 Å². The van der Waals surface area contributed by atoms with E-state index in [4.69, 9.17) is 5.73 Å². The van der Waals surface area contributed by atoms with Crippen LogP contribution >= 0.6 is 15.9 Å². The van der Waals surface area contributed by atoms with Gasteiger partial charge < -0.3 is 15.9 Å². The van der Waals surface area contributed by atoms with E-state index in [2.05, 4.69) is 26.1 Å². The van der Waals surface area contributed by atoms with Gasteiger partial charge in [-0.3, -0.25) is 5.10 Å². The second-order valence-electron chi connectivity index (χ2n) is 3.89. The highest BCUT2D eigenvalue weighted by atomic mass is 79.9. The lowest BCUT2D eigenvalue weighted by molar-refractivity contribution is 0.0133. The molecule has 0 fully saturated rings. The molecule has 5 N–H and O–H groups in total. The van der Waals surface area contributed by atoms with Gasteiger partial charge in [0, 0.05) is 9.86 Å². The fourth-order valence-corrected chi connectivity index (χ4v) is 2.10. The van der Waals surface area contributed by atoms with Crippen LogP contribution in [-0.4, -0.2) is 33.1 Å². The molecular weight excluding hydrogens is 286 g/mol. The first-order chi connectivity index (χ1) is 8.13. The summed E-state index contributed by atoms with van der Waals surface area (Å²) < 4.78 is 0.917. The third kappa shape index (κ3) is 2.50. The van der Waals surface area contributed by atoms with Crippen molar-refractivity contribution in [1.82, 2.24) is 10.2 Å². The number of aromatic amines is 1. The molecule has 0 bridgehead atoms. The molecular formula is C11H14BrN3O2. The summed E-state index contributed by atoms with van der Waals surface area (Å²) in [6, 6.07) is 5.55. The van der Waals surface area contributed by atoms with Crippen LogP contribution in [0, 0.1) is 0 Å². The van der Waals surface area contributed by atoms with Gasteiger partial charge in [0.25, 0.3) is 0 Å². The normalized spacial score (nSPS) is 15.1. The number of H-pyrrole nitrogens is 1. The van der Waals surface area contributed by atoms with Crippen molar-refractivity contribution in [2.24, 2.45) is 5.73 Å². The maximum Gasteiger partial charge on any atom is 0.122 e. The Morgan fingerprint density at radius 2 is 2.18 bits per heavy atom. The van der Waals surface area contributed by atoms with E-state index in [-0.39, 0.29) is 0 Å². The number of hydrogen-bond donors (Lipinski definition) is 4. The molecule has 0 saturated heterocycles. The van der Waals surface area contributed by atoms with E-state index in [1.54, 1.807) is 0 Å². The lowest BCUT2D eigenvalue weighted by Crippen LogP contribution is -2.22. The van der Waals surface area contributed by atoms with Crippen LogP contribution in [-0.2, 0) is 0 Å². The smallest absolute Gasteiger partial charge is 0.122 e. The SMILES string of the molecule is NCCC(O)C(O)c1[nH]nc2cc(Br)ccc12. The number of nitrogens with two attached hydrogens (primary N) is 1. The van der Waals surface area contributed by atoms with Gasteiger partial charge in [-0.25, -0.2) is 0 Å². The Morgan fingerprint density at radius 1 is 1.41 bits per heavy atom. The van der Waals surface area contributed by atoms with Crippen molar-refractivity contribution >= 4 is 26.8 Å². The molecule has 0 aliphatic heterocycles. The monoisotopic (exact) mass is 299 g/mol. The summed E-state index contributed by atoms with van der Waals surface area (Å²) in [6.45, 7) is 0.329. The number of fused-ring (bicyclic) bond motifs is 1. The van der Waals surface area contributed by atoms with Gasteiger partial charge in [0.1, 0.15) is 6.10 Å². The summed E-state index contributed by atoms with van der Waals surface area (Å²) >= 11 is 3.35. The van der Waals surface area contributed by atoms with Crippen LogP contribution in [0.25, 0.3) is 10.9 Å². The number of aliphatic hydroxyl groups excluding tert-OH is 2. The van der Waals surface area contributed by atoms with E-state index < -0.39 is 12.2 Å². The summed E-state index contributed by atoms with van der Waals surface area (Å²) in [5, 5.41) is 27.4. The number of rotatable bonds is 4. The minimum absolute atomic E-state index is 0.329. The van der Waals surface area contributed by atoms with Gasteiger partial charge in [-0.2, -0.15) is 5.10 Å². The predicted molar refractivity (Wildman–Crippen MR) is 68.4 cm³/mol. The van der Waals surface area contributed by atoms with Gasteiger partial charge in [0.15, 0.2) is 0 Å². The first-order valence-electron chi connectivity index (χ1n) is 5.33. The highest BCUT2D eigenvalue weighted by Crippen LogP contribution is 2.26. The molecule has 17 heavy (non-hydrogen) atoms. The Bertz CT molecular complexity index is 514. The highest BCUT2D eigenvalue weighted by molar-refractivity contribution is 9.10. The molecule has 1 heterocycles. The van der Waals surface area contributed by atoms with Crippen LogP contribution in [0.3, 0.4) is 0 Å². The van der Waals surface area contributed by atoms with E-state index in [0.29, 0.717) is 18.7 Å². The lowest BCUT2D eigenvalue weighted by Gasteiger charge is -2.15. The first kappa shape index (κ1) is 12.5. The molecule has 0 radical (unpaired) electrons. The number of aromatic nitrogens is 2. The number of aliphatic hydroxyl groups is 2. The van der Waals surface area contributed by atoms with Gasteiger partial charge in [0.05, 0.1) is 17.3 Å². The minimum Gasteiger partial charge on any atom is -0.390 e. The van der Waals surface area contributed by atoms with Crippen molar-refractivity contribution in [3.8, 4) is 0 Å². The average molecular weight is 300 g/mol. The van der Waals surface area contributed by atoms with E-state index in [9.17, 15) is 10.2 Å². The van der Waals surface area contributed by atoms with Crippen LogP contribution in [0.15, 0.2) is 22.7 Å². The van der Waals surface area contributed by atoms with Crippen molar-refractivity contribution in [1.29, 1.82) is 0 Å². The van der Waals surface area contributed by atoms with E-state index >= 15 is 0 Å². The molecule has 1 aromatic carbocycles. The molecule has 0 amide bonds. The predicted octanol–water partition coefficient (Wildman–Crippen LogP) is 1.07. The lowest BCUT2D eigenvalue weighted by atomic mass is 10.0. The first-order valence-corrected chi connectivity index (χ1v) is 6.12. The van der Waals surface area contributed by atoms with Crippen LogP contribution in [0.1, 0.15) is 18.2 Å². The Labute approximate surface area is 107 Å². The van der Waals surface area contributed by atoms with Crippen molar-refractivity contribution < 1.29 is 10.2 Å². The quantitative estimate of drug-likeness (QED) is 0.679. The number of hydrogen-bond acceptors (Lipinski definition) is 4. The zero-order valence-corrected chi connectivity index (χ0v) is 10.7. The summed E-state index contributed by atoms with van der Waals surface area (Å²) in [5.41, 5.74) is 6.62. The molecule has 0 saturated carbocycles. The maximum atomic E-state index is 9.99. The zero-order chi connectivity index (χ0) is 12.4. The van der Waals surface area contributed by atoms with Gasteiger partial charge >= 0.3 is 0 Å². The van der Waals surface area contributed by atoms with E-state index in [0.717, 1.165) is 15.4 Å². The third-order valence-corrected chi connectivity index (χ3v) is 3.16.